The highest BCUT2D eigenvalue weighted by Crippen LogP contribution is 2.36. The normalized spacial score (nSPS) is 18.7. The summed E-state index contributed by atoms with van der Waals surface area (Å²) in [5, 5.41) is 17.0. The smallest absolute Gasteiger partial charge is 0.160 e. The molecular formula is C25H31FN4O3. The van der Waals surface area contributed by atoms with Gasteiger partial charge in [0.2, 0.25) is 0 Å². The first-order chi connectivity index (χ1) is 15.9. The van der Waals surface area contributed by atoms with E-state index in [0.717, 1.165) is 33.8 Å². The summed E-state index contributed by atoms with van der Waals surface area (Å²) in [5.41, 5.74) is 5.13. The first kappa shape index (κ1) is 23.3. The van der Waals surface area contributed by atoms with E-state index >= 15 is 0 Å². The number of aryl methyl sites for hydroxylation is 2. The molecular weight excluding hydrogens is 423 g/mol. The molecule has 33 heavy (non-hydrogen) atoms. The lowest BCUT2D eigenvalue weighted by Gasteiger charge is -2.30. The topological polar surface area (TPSA) is 93.3 Å². The van der Waals surface area contributed by atoms with Crippen molar-refractivity contribution in [3.8, 4) is 28.4 Å². The number of rotatable bonds is 9. The van der Waals surface area contributed by atoms with Gasteiger partial charge >= 0.3 is 0 Å². The Morgan fingerprint density at radius 1 is 1.24 bits per heavy atom. The van der Waals surface area contributed by atoms with Crippen LogP contribution in [0.25, 0.3) is 22.6 Å². The van der Waals surface area contributed by atoms with Crippen molar-refractivity contribution in [2.24, 2.45) is 5.92 Å². The number of likely N-dealkylation sites (N-methyl/N-ethyl adjacent to an activating group) is 1. The fourth-order valence-corrected chi connectivity index (χ4v) is 4.26. The van der Waals surface area contributed by atoms with Gasteiger partial charge in [-0.05, 0) is 70.7 Å². The summed E-state index contributed by atoms with van der Waals surface area (Å²) in [6.07, 6.45) is 0.569. The maximum Gasteiger partial charge on any atom is 0.160 e. The number of ether oxygens (including phenoxy) is 1. The van der Waals surface area contributed by atoms with Gasteiger partial charge in [-0.1, -0.05) is 17.3 Å². The molecule has 1 atom stereocenters. The highest BCUT2D eigenvalue weighted by molar-refractivity contribution is 5.71. The van der Waals surface area contributed by atoms with Crippen LogP contribution in [0.2, 0.25) is 0 Å². The van der Waals surface area contributed by atoms with E-state index in [9.17, 15) is 9.50 Å². The number of aromatic nitrogens is 3. The molecule has 1 unspecified atom stereocenters. The maximum absolute atomic E-state index is 13.5. The van der Waals surface area contributed by atoms with Crippen molar-refractivity contribution < 1.29 is 18.8 Å². The average molecular weight is 455 g/mol. The lowest BCUT2D eigenvalue weighted by atomic mass is 9.79. The van der Waals surface area contributed by atoms with E-state index in [1.165, 1.54) is 0 Å². The monoisotopic (exact) mass is 454 g/mol. The predicted molar refractivity (Wildman–Crippen MR) is 124 cm³/mol. The van der Waals surface area contributed by atoms with Crippen LogP contribution >= 0.6 is 0 Å². The van der Waals surface area contributed by atoms with Crippen molar-refractivity contribution in [3.63, 3.8) is 0 Å². The zero-order valence-corrected chi connectivity index (χ0v) is 19.6. The molecule has 0 bridgehead atoms. The Balaban J connectivity index is 1.70. The van der Waals surface area contributed by atoms with Crippen molar-refractivity contribution in [2.45, 2.75) is 52.3 Å². The fourth-order valence-electron chi connectivity index (χ4n) is 4.26. The van der Waals surface area contributed by atoms with Crippen LogP contribution in [0.4, 0.5) is 4.39 Å². The van der Waals surface area contributed by atoms with Crippen LogP contribution in [0.1, 0.15) is 35.6 Å². The SMILES string of the molecule is CNCC(O)COc1cccc(-c2nc(CC3CC(F)C3)c(C)c(-c3c(C)noc3C)n2)c1. The Hall–Kier alpha value is -2.84. The number of aliphatic hydroxyl groups is 1. The quantitative estimate of drug-likeness (QED) is 0.505. The van der Waals surface area contributed by atoms with Crippen LogP contribution in [0.15, 0.2) is 28.8 Å². The number of halogens is 1. The molecule has 8 heteroatoms. The van der Waals surface area contributed by atoms with Gasteiger partial charge in [-0.15, -0.1) is 0 Å². The van der Waals surface area contributed by atoms with Crippen molar-refractivity contribution >= 4 is 0 Å². The van der Waals surface area contributed by atoms with Gasteiger partial charge in [0.1, 0.15) is 30.4 Å². The standard InChI is InChI=1S/C25H31FN4O3/c1-14-22(10-17-8-19(26)9-17)28-25(29-24(14)23-15(2)30-33-16(23)3)18-6-5-7-21(11-18)32-13-20(31)12-27-4/h5-7,11,17,19-20,27,31H,8-10,12-13H2,1-4H3. The number of nitrogens with one attached hydrogen (secondary N) is 1. The minimum absolute atomic E-state index is 0.181. The summed E-state index contributed by atoms with van der Waals surface area (Å²) < 4.78 is 24.6. The first-order valence-corrected chi connectivity index (χ1v) is 11.4. The largest absolute Gasteiger partial charge is 0.491 e. The highest BCUT2D eigenvalue weighted by atomic mass is 19.1. The third-order valence-electron chi connectivity index (χ3n) is 6.15. The summed E-state index contributed by atoms with van der Waals surface area (Å²) in [6.45, 7) is 6.42. The number of nitrogens with zero attached hydrogens (tertiary/aromatic N) is 3. The average Bonchev–Trinajstić information content (AvgIpc) is 3.11. The Kier molecular flexibility index (Phi) is 7.05. The molecule has 3 aromatic rings. The van der Waals surface area contributed by atoms with Gasteiger partial charge in [0.05, 0.1) is 17.0 Å². The lowest BCUT2D eigenvalue weighted by Crippen LogP contribution is -2.29. The highest BCUT2D eigenvalue weighted by Gasteiger charge is 2.30. The number of benzene rings is 1. The molecule has 1 aliphatic carbocycles. The van der Waals surface area contributed by atoms with Crippen LogP contribution in [0, 0.1) is 26.7 Å². The zero-order valence-electron chi connectivity index (χ0n) is 19.6. The second-order valence-electron chi connectivity index (χ2n) is 8.86. The Morgan fingerprint density at radius 2 is 2.03 bits per heavy atom. The molecule has 176 valence electrons. The van der Waals surface area contributed by atoms with Crippen molar-refractivity contribution in [1.29, 1.82) is 0 Å². The van der Waals surface area contributed by atoms with E-state index in [2.05, 4.69) is 10.5 Å². The molecule has 2 N–H and O–H groups in total. The number of aliphatic hydroxyl groups excluding tert-OH is 1. The summed E-state index contributed by atoms with van der Waals surface area (Å²) in [6, 6.07) is 7.53. The van der Waals surface area contributed by atoms with Crippen molar-refractivity contribution in [2.75, 3.05) is 20.2 Å². The molecule has 1 fully saturated rings. The molecule has 0 amide bonds. The van der Waals surface area contributed by atoms with Gasteiger partial charge in [0, 0.05) is 17.8 Å². The van der Waals surface area contributed by atoms with Gasteiger partial charge in [-0.25, -0.2) is 14.4 Å². The third-order valence-corrected chi connectivity index (χ3v) is 6.15. The Bertz CT molecular complexity index is 1090. The summed E-state index contributed by atoms with van der Waals surface area (Å²) >= 11 is 0. The molecule has 0 saturated heterocycles. The second-order valence-corrected chi connectivity index (χ2v) is 8.86. The number of hydrogen-bond acceptors (Lipinski definition) is 7. The van der Waals surface area contributed by atoms with Gasteiger partial charge in [0.15, 0.2) is 5.82 Å². The van der Waals surface area contributed by atoms with Crippen molar-refractivity contribution in [3.05, 3.63) is 47.0 Å². The van der Waals surface area contributed by atoms with Crippen LogP contribution < -0.4 is 10.1 Å². The van der Waals surface area contributed by atoms with Crippen LogP contribution in [-0.2, 0) is 6.42 Å². The van der Waals surface area contributed by atoms with Gasteiger partial charge in [-0.2, -0.15) is 0 Å². The van der Waals surface area contributed by atoms with Gasteiger partial charge < -0.3 is 19.7 Å². The van der Waals surface area contributed by atoms with Gasteiger partial charge in [0.25, 0.3) is 0 Å². The second kappa shape index (κ2) is 9.97. The molecule has 1 aliphatic rings. The van der Waals surface area contributed by atoms with Crippen LogP contribution in [0.5, 0.6) is 5.75 Å². The molecule has 0 radical (unpaired) electrons. The van der Waals surface area contributed by atoms with Crippen LogP contribution in [-0.4, -0.2) is 52.7 Å². The number of hydrogen-bond donors (Lipinski definition) is 2. The minimum atomic E-state index is -0.703. The van der Waals surface area contributed by atoms with Crippen molar-refractivity contribution in [1.82, 2.24) is 20.4 Å². The predicted octanol–water partition coefficient (Wildman–Crippen LogP) is 3.97. The molecule has 2 aromatic heterocycles. The fraction of sp³-hybridized carbons (Fsp3) is 0.480. The summed E-state index contributed by atoms with van der Waals surface area (Å²) in [7, 11) is 1.78. The molecule has 0 aliphatic heterocycles. The number of alkyl halides is 1. The first-order valence-electron chi connectivity index (χ1n) is 11.4. The molecule has 0 spiro atoms. The third kappa shape index (κ3) is 5.23. The molecule has 1 saturated carbocycles. The zero-order chi connectivity index (χ0) is 23.5. The summed E-state index contributed by atoms with van der Waals surface area (Å²) in [5.74, 6) is 2.20. The van der Waals surface area contributed by atoms with E-state index in [1.54, 1.807) is 7.05 Å². The summed E-state index contributed by atoms with van der Waals surface area (Å²) in [4.78, 5) is 9.78. The molecule has 2 heterocycles. The van der Waals surface area contributed by atoms with E-state index in [-0.39, 0.29) is 6.61 Å². The van der Waals surface area contributed by atoms with E-state index in [1.807, 2.05) is 45.0 Å². The maximum atomic E-state index is 13.5. The minimum Gasteiger partial charge on any atom is -0.491 e. The van der Waals surface area contributed by atoms with Crippen LogP contribution in [0.3, 0.4) is 0 Å². The van der Waals surface area contributed by atoms with E-state index in [0.29, 0.717) is 49.1 Å². The van der Waals surface area contributed by atoms with E-state index in [4.69, 9.17) is 19.2 Å². The van der Waals surface area contributed by atoms with Gasteiger partial charge in [-0.3, -0.25) is 0 Å². The molecule has 7 nitrogen and oxygen atoms in total. The van der Waals surface area contributed by atoms with E-state index < -0.39 is 12.3 Å². The Labute approximate surface area is 193 Å². The Morgan fingerprint density at radius 3 is 2.70 bits per heavy atom. The molecule has 4 rings (SSSR count). The lowest BCUT2D eigenvalue weighted by molar-refractivity contribution is 0.108. The molecule has 1 aromatic carbocycles.